The van der Waals surface area contributed by atoms with E-state index in [0.717, 1.165) is 48.4 Å². The summed E-state index contributed by atoms with van der Waals surface area (Å²) in [4.78, 5) is 15.0. The predicted octanol–water partition coefficient (Wildman–Crippen LogP) is 3.72. The van der Waals surface area contributed by atoms with Crippen molar-refractivity contribution >= 4 is 11.6 Å². The Morgan fingerprint density at radius 2 is 1.93 bits per heavy atom. The van der Waals surface area contributed by atoms with E-state index < -0.39 is 5.60 Å². The van der Waals surface area contributed by atoms with E-state index in [1.165, 1.54) is 0 Å². The van der Waals surface area contributed by atoms with Crippen LogP contribution in [0, 0.1) is 5.92 Å². The lowest BCUT2D eigenvalue weighted by Crippen LogP contribution is -2.56. The monoisotopic (exact) mass is 408 g/mol. The Bertz CT molecular complexity index is 919. The average Bonchev–Trinajstić information content (AvgIpc) is 3.22. The summed E-state index contributed by atoms with van der Waals surface area (Å²) in [5.74, 6) is 1.56. The first kappa shape index (κ1) is 19.4. The van der Waals surface area contributed by atoms with Crippen LogP contribution in [-0.4, -0.2) is 41.4 Å². The van der Waals surface area contributed by atoms with Crippen molar-refractivity contribution in [3.05, 3.63) is 54.1 Å². The van der Waals surface area contributed by atoms with Gasteiger partial charge in [0.15, 0.2) is 11.5 Å². The van der Waals surface area contributed by atoms with Crippen molar-refractivity contribution in [3.8, 4) is 11.5 Å². The van der Waals surface area contributed by atoms with Crippen LogP contribution in [-0.2, 0) is 4.79 Å². The number of aliphatic hydroxyl groups is 1. The van der Waals surface area contributed by atoms with Gasteiger partial charge in [-0.3, -0.25) is 9.69 Å². The third-order valence-electron chi connectivity index (χ3n) is 6.81. The second-order valence-electron chi connectivity index (χ2n) is 8.65. The van der Waals surface area contributed by atoms with Gasteiger partial charge >= 0.3 is 0 Å². The zero-order valence-electron chi connectivity index (χ0n) is 17.0. The maximum Gasteiger partial charge on any atom is 0.238 e. The number of amides is 1. The Morgan fingerprint density at radius 1 is 1.10 bits per heavy atom. The quantitative estimate of drug-likeness (QED) is 0.807. The minimum atomic E-state index is -0.661. The number of likely N-dealkylation sites (tertiary alicyclic amines) is 1. The van der Waals surface area contributed by atoms with Crippen LogP contribution in [0.25, 0.3) is 0 Å². The third-order valence-corrected chi connectivity index (χ3v) is 6.81. The molecule has 6 heteroatoms. The summed E-state index contributed by atoms with van der Waals surface area (Å²) in [6, 6.07) is 15.5. The highest BCUT2D eigenvalue weighted by Gasteiger charge is 2.49. The Balaban J connectivity index is 1.42. The second kappa shape index (κ2) is 7.93. The molecule has 2 aliphatic heterocycles. The molecule has 2 aromatic rings. The second-order valence-corrected chi connectivity index (χ2v) is 8.65. The van der Waals surface area contributed by atoms with Gasteiger partial charge in [-0.25, -0.2) is 0 Å². The Morgan fingerprint density at radius 3 is 2.80 bits per heavy atom. The molecule has 0 radical (unpaired) electrons. The molecule has 0 bridgehead atoms. The number of carbonyl (C=O) groups is 1. The van der Waals surface area contributed by atoms with Crippen molar-refractivity contribution < 1.29 is 19.4 Å². The molecule has 2 aromatic carbocycles. The predicted molar refractivity (Wildman–Crippen MR) is 113 cm³/mol. The lowest BCUT2D eigenvalue weighted by molar-refractivity contribution is -0.135. The summed E-state index contributed by atoms with van der Waals surface area (Å²) in [5, 5.41) is 14.4. The summed E-state index contributed by atoms with van der Waals surface area (Å²) in [6.45, 7) is 1.22. The van der Waals surface area contributed by atoms with E-state index in [2.05, 4.69) is 16.3 Å². The molecule has 30 heavy (non-hydrogen) atoms. The maximum absolute atomic E-state index is 12.8. The number of para-hydroxylation sites is 1. The minimum absolute atomic E-state index is 0.0277. The number of piperidine rings is 1. The first-order valence-corrected chi connectivity index (χ1v) is 10.8. The van der Waals surface area contributed by atoms with Crippen molar-refractivity contribution in [2.75, 3.05) is 25.2 Å². The van der Waals surface area contributed by atoms with Gasteiger partial charge < -0.3 is 19.9 Å². The SMILES string of the molecule is O=C(CN1CC[C@@]2(O)CCCC[C@H]2[C@@H]1c1ccc2c(c1)OCO2)Nc1ccccc1. The molecule has 158 valence electrons. The van der Waals surface area contributed by atoms with Crippen LogP contribution in [0.4, 0.5) is 5.69 Å². The topological polar surface area (TPSA) is 71.0 Å². The molecule has 1 amide bonds. The van der Waals surface area contributed by atoms with E-state index in [1.807, 2.05) is 42.5 Å². The number of benzene rings is 2. The smallest absolute Gasteiger partial charge is 0.238 e. The summed E-state index contributed by atoms with van der Waals surface area (Å²) in [6.07, 6.45) is 4.68. The van der Waals surface area contributed by atoms with Gasteiger partial charge in [0, 0.05) is 24.2 Å². The van der Waals surface area contributed by atoms with E-state index in [4.69, 9.17) is 9.47 Å². The number of rotatable bonds is 4. The first-order valence-electron chi connectivity index (χ1n) is 10.8. The van der Waals surface area contributed by atoms with Crippen molar-refractivity contribution in [3.63, 3.8) is 0 Å². The number of anilines is 1. The molecule has 0 spiro atoms. The molecular weight excluding hydrogens is 380 g/mol. The highest BCUT2D eigenvalue weighted by molar-refractivity contribution is 5.92. The molecule has 3 aliphatic rings. The number of hydrogen-bond donors (Lipinski definition) is 2. The van der Waals surface area contributed by atoms with Crippen LogP contribution >= 0.6 is 0 Å². The van der Waals surface area contributed by atoms with Gasteiger partial charge in [-0.2, -0.15) is 0 Å². The Kier molecular flexibility index (Phi) is 5.13. The van der Waals surface area contributed by atoms with Crippen molar-refractivity contribution in [2.24, 2.45) is 5.92 Å². The summed E-state index contributed by atoms with van der Waals surface area (Å²) in [5.41, 5.74) is 1.22. The number of hydrogen-bond acceptors (Lipinski definition) is 5. The fourth-order valence-electron chi connectivity index (χ4n) is 5.37. The summed E-state index contributed by atoms with van der Waals surface area (Å²) >= 11 is 0. The highest BCUT2D eigenvalue weighted by Crippen LogP contribution is 2.50. The van der Waals surface area contributed by atoms with Gasteiger partial charge in [-0.05, 0) is 49.1 Å². The van der Waals surface area contributed by atoms with Gasteiger partial charge in [0.25, 0.3) is 0 Å². The Labute approximate surface area is 176 Å². The lowest BCUT2D eigenvalue weighted by atomic mass is 9.66. The lowest BCUT2D eigenvalue weighted by Gasteiger charge is -2.52. The number of fused-ring (bicyclic) bond motifs is 2. The average molecular weight is 408 g/mol. The van der Waals surface area contributed by atoms with Crippen LogP contribution in [0.2, 0.25) is 0 Å². The molecule has 0 aromatic heterocycles. The molecule has 1 saturated carbocycles. The number of nitrogens with one attached hydrogen (secondary N) is 1. The van der Waals surface area contributed by atoms with Gasteiger partial charge in [-0.15, -0.1) is 0 Å². The molecular formula is C24H28N2O4. The van der Waals surface area contributed by atoms with E-state index >= 15 is 0 Å². The molecule has 3 atom stereocenters. The molecule has 5 rings (SSSR count). The van der Waals surface area contributed by atoms with E-state index in [-0.39, 0.29) is 24.7 Å². The van der Waals surface area contributed by atoms with Gasteiger partial charge in [0.1, 0.15) is 0 Å². The van der Waals surface area contributed by atoms with Crippen LogP contribution in [0.15, 0.2) is 48.5 Å². The van der Waals surface area contributed by atoms with Crippen molar-refractivity contribution in [2.45, 2.75) is 43.7 Å². The number of nitrogens with zero attached hydrogens (tertiary/aromatic N) is 1. The molecule has 2 heterocycles. The number of carbonyl (C=O) groups excluding carboxylic acids is 1. The van der Waals surface area contributed by atoms with E-state index in [1.54, 1.807) is 0 Å². The Hall–Kier alpha value is -2.57. The fourth-order valence-corrected chi connectivity index (χ4v) is 5.37. The molecule has 6 nitrogen and oxygen atoms in total. The zero-order valence-corrected chi connectivity index (χ0v) is 17.0. The van der Waals surface area contributed by atoms with Gasteiger partial charge in [0.05, 0.1) is 12.1 Å². The first-order chi connectivity index (χ1) is 14.6. The van der Waals surface area contributed by atoms with Crippen LogP contribution < -0.4 is 14.8 Å². The minimum Gasteiger partial charge on any atom is -0.454 e. The van der Waals surface area contributed by atoms with Gasteiger partial charge in [-0.1, -0.05) is 37.1 Å². The normalized spacial score (nSPS) is 28.0. The molecule has 1 saturated heterocycles. The summed E-state index contributed by atoms with van der Waals surface area (Å²) < 4.78 is 11.1. The third kappa shape index (κ3) is 3.66. The largest absolute Gasteiger partial charge is 0.454 e. The van der Waals surface area contributed by atoms with Crippen molar-refractivity contribution in [1.29, 1.82) is 0 Å². The van der Waals surface area contributed by atoms with E-state index in [0.29, 0.717) is 19.5 Å². The molecule has 2 N–H and O–H groups in total. The molecule has 1 aliphatic carbocycles. The highest BCUT2D eigenvalue weighted by atomic mass is 16.7. The molecule has 0 unspecified atom stereocenters. The van der Waals surface area contributed by atoms with E-state index in [9.17, 15) is 9.90 Å². The maximum atomic E-state index is 12.8. The zero-order chi connectivity index (χ0) is 20.6. The van der Waals surface area contributed by atoms with Crippen LogP contribution in [0.1, 0.15) is 43.7 Å². The summed E-state index contributed by atoms with van der Waals surface area (Å²) in [7, 11) is 0. The fraction of sp³-hybridized carbons (Fsp3) is 0.458. The van der Waals surface area contributed by atoms with Crippen molar-refractivity contribution in [1.82, 2.24) is 4.90 Å². The number of ether oxygens (including phenoxy) is 2. The standard InChI is InChI=1S/C24H28N2O4/c27-22(25-18-6-2-1-3-7-18)15-26-13-12-24(28)11-5-4-8-19(24)23(26)17-9-10-20-21(14-17)30-16-29-20/h1-3,6-7,9-10,14,19,23,28H,4-5,8,11-13,15-16H2,(H,25,27)/t19-,23-,24-/m0/s1. The van der Waals surface area contributed by atoms with Gasteiger partial charge in [0.2, 0.25) is 12.7 Å². The van der Waals surface area contributed by atoms with Crippen LogP contribution in [0.5, 0.6) is 11.5 Å². The molecule has 2 fully saturated rings. The van der Waals surface area contributed by atoms with Crippen LogP contribution in [0.3, 0.4) is 0 Å².